The summed E-state index contributed by atoms with van der Waals surface area (Å²) in [6.07, 6.45) is -2.01. The molecule has 0 aliphatic carbocycles. The van der Waals surface area contributed by atoms with Crippen molar-refractivity contribution in [2.45, 2.75) is 36.9 Å². The number of hydrogen-bond acceptors (Lipinski definition) is 7. The zero-order valence-corrected chi connectivity index (χ0v) is 18.1. The molecule has 0 bridgehead atoms. The van der Waals surface area contributed by atoms with E-state index in [2.05, 4.69) is 19.8 Å². The minimum Gasteiger partial charge on any atom is -0.395 e. The van der Waals surface area contributed by atoms with Crippen molar-refractivity contribution in [1.82, 2.24) is 9.55 Å². The second kappa shape index (κ2) is 8.64. The van der Waals surface area contributed by atoms with Crippen LogP contribution in [0.3, 0.4) is 0 Å². The average molecular weight is 475 g/mol. The first-order chi connectivity index (χ1) is 15.9. The summed E-state index contributed by atoms with van der Waals surface area (Å²) in [4.78, 5) is 30.2. The molecule has 2 aliphatic rings. The fourth-order valence-electron chi connectivity index (χ4n) is 3.76. The molecule has 172 valence electrons. The van der Waals surface area contributed by atoms with Crippen LogP contribution in [0.1, 0.15) is 12.8 Å². The van der Waals surface area contributed by atoms with Gasteiger partial charge in [0.25, 0.3) is 5.56 Å². The van der Waals surface area contributed by atoms with Crippen LogP contribution in [0, 0.1) is 0 Å². The topological polar surface area (TPSA) is 91.7 Å². The number of nitrogens with one attached hydrogen (secondary N) is 1. The van der Waals surface area contributed by atoms with Crippen LogP contribution in [0.15, 0.2) is 52.4 Å². The van der Waals surface area contributed by atoms with E-state index in [4.69, 9.17) is 4.74 Å². The lowest BCUT2D eigenvalue weighted by molar-refractivity contribution is -0.286. The molecule has 1 unspecified atom stereocenters. The van der Waals surface area contributed by atoms with Gasteiger partial charge >= 0.3 is 6.29 Å². The Morgan fingerprint density at radius 1 is 1.21 bits per heavy atom. The summed E-state index contributed by atoms with van der Waals surface area (Å²) in [6, 6.07) is 11.0. The summed E-state index contributed by atoms with van der Waals surface area (Å²) in [5.74, 6) is -0.699. The van der Waals surface area contributed by atoms with Crippen LogP contribution < -0.4 is 20.3 Å². The molecule has 1 aromatic heterocycles. The Hall–Kier alpha value is -3.18. The lowest BCUT2D eigenvalue weighted by atomic mass is 10.2. The minimum absolute atomic E-state index is 0.0408. The number of benzene rings is 2. The number of thioether (sulfide) groups is 1. The molecule has 11 heteroatoms. The number of ether oxygens (including phenoxy) is 3. The van der Waals surface area contributed by atoms with Crippen LogP contribution in [0.2, 0.25) is 0 Å². The van der Waals surface area contributed by atoms with Gasteiger partial charge in [0.1, 0.15) is 0 Å². The van der Waals surface area contributed by atoms with Crippen molar-refractivity contribution >= 4 is 34.3 Å². The molecule has 0 radical (unpaired) electrons. The van der Waals surface area contributed by atoms with Crippen molar-refractivity contribution in [3.8, 4) is 11.5 Å². The summed E-state index contributed by atoms with van der Waals surface area (Å²) in [5.41, 5.74) is 0.644. The molecular weight excluding hydrogens is 456 g/mol. The molecule has 0 spiro atoms. The molecule has 2 aromatic carbocycles. The van der Waals surface area contributed by atoms with Crippen molar-refractivity contribution in [3.05, 3.63) is 52.8 Å². The predicted octanol–water partition coefficient (Wildman–Crippen LogP) is 3.63. The van der Waals surface area contributed by atoms with E-state index in [1.54, 1.807) is 28.8 Å². The Morgan fingerprint density at radius 2 is 2.03 bits per heavy atom. The number of nitrogens with zero attached hydrogens (tertiary/aromatic N) is 2. The van der Waals surface area contributed by atoms with E-state index in [0.717, 1.165) is 24.6 Å². The van der Waals surface area contributed by atoms with Crippen LogP contribution in [0.5, 0.6) is 11.5 Å². The van der Waals surface area contributed by atoms with Gasteiger partial charge in [0.2, 0.25) is 5.91 Å². The number of fused-ring (bicyclic) bond motifs is 2. The molecule has 1 saturated heterocycles. The maximum atomic E-state index is 13.2. The highest BCUT2D eigenvalue weighted by Gasteiger charge is 2.43. The van der Waals surface area contributed by atoms with E-state index in [9.17, 15) is 18.4 Å². The number of aromatic nitrogens is 2. The highest BCUT2D eigenvalue weighted by Crippen LogP contribution is 2.42. The zero-order chi connectivity index (χ0) is 23.0. The SMILES string of the molecule is O=C(CSc1nc2ccccc2c(=O)n1CC1CCCO1)Nc1ccc2c(c1)OC(F)(F)O2. The highest BCUT2D eigenvalue weighted by atomic mass is 32.2. The van der Waals surface area contributed by atoms with Gasteiger partial charge in [-0.2, -0.15) is 0 Å². The van der Waals surface area contributed by atoms with Crippen molar-refractivity contribution in [3.63, 3.8) is 0 Å². The maximum Gasteiger partial charge on any atom is 0.586 e. The first-order valence-electron chi connectivity index (χ1n) is 10.3. The summed E-state index contributed by atoms with van der Waals surface area (Å²) in [7, 11) is 0. The Kier molecular flexibility index (Phi) is 5.67. The van der Waals surface area contributed by atoms with Crippen LogP contribution in [-0.2, 0) is 16.1 Å². The molecule has 2 aliphatic heterocycles. The third-order valence-electron chi connectivity index (χ3n) is 5.25. The van der Waals surface area contributed by atoms with E-state index < -0.39 is 12.2 Å². The number of anilines is 1. The zero-order valence-electron chi connectivity index (χ0n) is 17.3. The molecule has 5 rings (SSSR count). The minimum atomic E-state index is -3.73. The molecule has 0 saturated carbocycles. The Balaban J connectivity index is 1.32. The molecular formula is C22H19F2N3O5S. The Labute approximate surface area is 190 Å². The average Bonchev–Trinajstić information content (AvgIpc) is 3.40. The summed E-state index contributed by atoms with van der Waals surface area (Å²) in [5, 5.41) is 3.55. The quantitative estimate of drug-likeness (QED) is 0.430. The molecule has 1 N–H and O–H groups in total. The third-order valence-corrected chi connectivity index (χ3v) is 6.23. The summed E-state index contributed by atoms with van der Waals surface area (Å²) in [6.45, 7) is 1.02. The predicted molar refractivity (Wildman–Crippen MR) is 117 cm³/mol. The van der Waals surface area contributed by atoms with Gasteiger partial charge in [0.15, 0.2) is 16.7 Å². The lowest BCUT2D eigenvalue weighted by Crippen LogP contribution is -2.29. The number of para-hydroxylation sites is 1. The number of carbonyl (C=O) groups is 1. The first-order valence-corrected chi connectivity index (χ1v) is 11.3. The smallest absolute Gasteiger partial charge is 0.395 e. The molecule has 3 aromatic rings. The van der Waals surface area contributed by atoms with Gasteiger partial charge in [0.05, 0.1) is 29.3 Å². The number of hydrogen-bond donors (Lipinski definition) is 1. The largest absolute Gasteiger partial charge is 0.586 e. The van der Waals surface area contributed by atoms with Crippen LogP contribution in [-0.4, -0.2) is 40.2 Å². The Bertz CT molecular complexity index is 1280. The van der Waals surface area contributed by atoms with Crippen molar-refractivity contribution < 1.29 is 27.8 Å². The molecule has 33 heavy (non-hydrogen) atoms. The highest BCUT2D eigenvalue weighted by molar-refractivity contribution is 7.99. The monoisotopic (exact) mass is 475 g/mol. The van der Waals surface area contributed by atoms with E-state index >= 15 is 0 Å². The van der Waals surface area contributed by atoms with Crippen LogP contribution in [0.25, 0.3) is 10.9 Å². The van der Waals surface area contributed by atoms with Gasteiger partial charge < -0.3 is 19.5 Å². The fraction of sp³-hybridized carbons (Fsp3) is 0.318. The van der Waals surface area contributed by atoms with Gasteiger partial charge in [-0.1, -0.05) is 23.9 Å². The van der Waals surface area contributed by atoms with Gasteiger partial charge in [-0.25, -0.2) is 4.98 Å². The fourth-order valence-corrected chi connectivity index (χ4v) is 4.57. The van der Waals surface area contributed by atoms with Gasteiger partial charge in [-0.05, 0) is 37.1 Å². The van der Waals surface area contributed by atoms with Crippen molar-refractivity contribution in [2.75, 3.05) is 17.7 Å². The number of rotatable bonds is 6. The van der Waals surface area contributed by atoms with Gasteiger partial charge in [0, 0.05) is 18.4 Å². The number of halogens is 2. The van der Waals surface area contributed by atoms with E-state index in [1.807, 2.05) is 0 Å². The van der Waals surface area contributed by atoms with Crippen molar-refractivity contribution in [1.29, 1.82) is 0 Å². The summed E-state index contributed by atoms with van der Waals surface area (Å²) < 4.78 is 42.4. The van der Waals surface area contributed by atoms with Gasteiger partial charge in [-0.15, -0.1) is 8.78 Å². The molecule has 1 atom stereocenters. The van der Waals surface area contributed by atoms with Crippen LogP contribution >= 0.6 is 11.8 Å². The number of alkyl halides is 2. The maximum absolute atomic E-state index is 13.2. The normalized spacial score (nSPS) is 18.5. The van der Waals surface area contributed by atoms with Crippen LogP contribution in [0.4, 0.5) is 14.5 Å². The molecule has 1 fully saturated rings. The van der Waals surface area contributed by atoms with Gasteiger partial charge in [-0.3, -0.25) is 14.2 Å². The van der Waals surface area contributed by atoms with E-state index in [-0.39, 0.29) is 34.6 Å². The standard InChI is InChI=1S/C22H19F2N3O5S/c23-22(24)31-17-8-7-13(10-18(17)32-22)25-19(28)12-33-21-26-16-6-2-1-5-15(16)20(29)27(21)11-14-4-3-9-30-14/h1-2,5-8,10,14H,3-4,9,11-12H2,(H,25,28). The van der Waals surface area contributed by atoms with E-state index in [0.29, 0.717) is 29.2 Å². The second-order valence-electron chi connectivity index (χ2n) is 7.63. The number of amides is 1. The molecule has 8 nitrogen and oxygen atoms in total. The lowest BCUT2D eigenvalue weighted by Gasteiger charge is -2.16. The van der Waals surface area contributed by atoms with Crippen molar-refractivity contribution in [2.24, 2.45) is 0 Å². The second-order valence-corrected chi connectivity index (χ2v) is 8.57. The Morgan fingerprint density at radius 3 is 2.85 bits per heavy atom. The number of carbonyl (C=O) groups excluding carboxylic acids is 1. The molecule has 3 heterocycles. The third kappa shape index (κ3) is 4.64. The molecule has 1 amide bonds. The first kappa shape index (κ1) is 21.7. The van der Waals surface area contributed by atoms with E-state index in [1.165, 1.54) is 18.2 Å². The summed E-state index contributed by atoms with van der Waals surface area (Å²) >= 11 is 1.12.